The fraction of sp³-hybridized carbons (Fsp3) is 0.400. The van der Waals surface area contributed by atoms with Crippen LogP contribution in [0.15, 0.2) is 18.2 Å². The number of carbonyl (C=O) groups excluding carboxylic acids is 2. The van der Waals surface area contributed by atoms with Gasteiger partial charge in [0.2, 0.25) is 0 Å². The maximum absolute atomic E-state index is 14.3. The van der Waals surface area contributed by atoms with E-state index in [0.717, 1.165) is 12.1 Å². The van der Waals surface area contributed by atoms with E-state index in [0.29, 0.717) is 5.69 Å². The van der Waals surface area contributed by atoms with E-state index in [1.54, 1.807) is 25.7 Å². The van der Waals surface area contributed by atoms with Crippen molar-refractivity contribution < 1.29 is 27.8 Å². The van der Waals surface area contributed by atoms with Crippen LogP contribution < -0.4 is 9.80 Å². The molecule has 31 heavy (non-hydrogen) atoms. The molecule has 1 amide bonds. The Kier molecular flexibility index (Phi) is 6.30. The van der Waals surface area contributed by atoms with Crippen LogP contribution >= 0.6 is 11.6 Å². The first-order valence-electron chi connectivity index (χ1n) is 9.35. The summed E-state index contributed by atoms with van der Waals surface area (Å²) in [5.74, 6) is -2.06. The van der Waals surface area contributed by atoms with Gasteiger partial charge in [-0.1, -0.05) is 11.6 Å². The van der Waals surface area contributed by atoms with Crippen molar-refractivity contribution in [2.24, 2.45) is 0 Å². The monoisotopic (exact) mass is 454 g/mol. The molecule has 1 aromatic carbocycles. The molecule has 0 saturated carbocycles. The second kappa shape index (κ2) is 8.62. The molecule has 11 heteroatoms. The fourth-order valence-corrected chi connectivity index (χ4v) is 3.23. The van der Waals surface area contributed by atoms with E-state index in [2.05, 4.69) is 14.9 Å². The topological polar surface area (TPSA) is 84.9 Å². The highest BCUT2D eigenvalue weighted by Gasteiger charge is 2.33. The van der Waals surface area contributed by atoms with Gasteiger partial charge in [0.05, 0.1) is 17.8 Å². The molecule has 0 saturated heterocycles. The van der Waals surface area contributed by atoms with Gasteiger partial charge in [-0.05, 0) is 32.9 Å². The SMILES string of the molecule is COC(=O)c1cc2c(nn1)N(C(=O)OC(C)(C)C)CCN2Cc1c(F)ccc(F)c1Cl. The lowest BCUT2D eigenvalue weighted by Crippen LogP contribution is -2.46. The smallest absolute Gasteiger partial charge is 0.416 e. The molecule has 1 aromatic heterocycles. The second-order valence-corrected chi connectivity index (χ2v) is 8.18. The Labute approximate surface area is 182 Å². The van der Waals surface area contributed by atoms with Gasteiger partial charge in [-0.15, -0.1) is 10.2 Å². The molecule has 1 aliphatic rings. The summed E-state index contributed by atoms with van der Waals surface area (Å²) in [5.41, 5.74) is -0.614. The third kappa shape index (κ3) is 4.84. The minimum Gasteiger partial charge on any atom is -0.464 e. The molecule has 0 aliphatic carbocycles. The Bertz CT molecular complexity index is 1030. The Balaban J connectivity index is 2.03. The van der Waals surface area contributed by atoms with E-state index < -0.39 is 29.3 Å². The van der Waals surface area contributed by atoms with Gasteiger partial charge in [-0.3, -0.25) is 4.90 Å². The van der Waals surface area contributed by atoms with Crippen LogP contribution in [0.3, 0.4) is 0 Å². The largest absolute Gasteiger partial charge is 0.464 e. The molecule has 0 atom stereocenters. The van der Waals surface area contributed by atoms with E-state index in [1.165, 1.54) is 18.1 Å². The Morgan fingerprint density at radius 3 is 2.48 bits per heavy atom. The first kappa shape index (κ1) is 22.7. The second-order valence-electron chi connectivity index (χ2n) is 7.81. The van der Waals surface area contributed by atoms with Gasteiger partial charge in [0.1, 0.15) is 17.2 Å². The van der Waals surface area contributed by atoms with Crippen molar-refractivity contribution in [1.82, 2.24) is 10.2 Å². The molecule has 166 valence electrons. The summed E-state index contributed by atoms with van der Waals surface area (Å²) >= 11 is 5.97. The number of fused-ring (bicyclic) bond motifs is 1. The van der Waals surface area contributed by atoms with Crippen molar-refractivity contribution in [2.75, 3.05) is 30.0 Å². The lowest BCUT2D eigenvalue weighted by atomic mass is 10.1. The zero-order valence-electron chi connectivity index (χ0n) is 17.4. The van der Waals surface area contributed by atoms with Crippen LogP contribution in [0.2, 0.25) is 5.02 Å². The molecule has 0 fully saturated rings. The van der Waals surface area contributed by atoms with Crippen molar-refractivity contribution >= 4 is 35.2 Å². The van der Waals surface area contributed by atoms with Crippen molar-refractivity contribution in [1.29, 1.82) is 0 Å². The Morgan fingerprint density at radius 2 is 1.84 bits per heavy atom. The summed E-state index contributed by atoms with van der Waals surface area (Å²) in [5, 5.41) is 7.49. The van der Waals surface area contributed by atoms with Gasteiger partial charge < -0.3 is 14.4 Å². The summed E-state index contributed by atoms with van der Waals surface area (Å²) in [7, 11) is 1.19. The van der Waals surface area contributed by atoms with Gasteiger partial charge in [0.15, 0.2) is 11.5 Å². The quantitative estimate of drug-likeness (QED) is 0.512. The van der Waals surface area contributed by atoms with Crippen LogP contribution in [0.25, 0.3) is 0 Å². The van der Waals surface area contributed by atoms with Crippen molar-refractivity contribution in [3.05, 3.63) is 46.1 Å². The normalized spacial score (nSPS) is 13.6. The number of anilines is 2. The number of halogens is 3. The van der Waals surface area contributed by atoms with Crippen molar-refractivity contribution in [2.45, 2.75) is 32.9 Å². The molecule has 8 nitrogen and oxygen atoms in total. The van der Waals surface area contributed by atoms with E-state index >= 15 is 0 Å². The first-order valence-corrected chi connectivity index (χ1v) is 9.73. The van der Waals surface area contributed by atoms with Gasteiger partial charge in [0, 0.05) is 31.3 Å². The lowest BCUT2D eigenvalue weighted by molar-refractivity contribution is 0.0577. The molecule has 1 aliphatic heterocycles. The van der Waals surface area contributed by atoms with E-state index in [4.69, 9.17) is 16.3 Å². The molecule has 0 N–H and O–H groups in total. The van der Waals surface area contributed by atoms with Crippen molar-refractivity contribution in [3.63, 3.8) is 0 Å². The number of ether oxygens (including phenoxy) is 2. The fourth-order valence-electron chi connectivity index (χ4n) is 3.02. The Hall–Kier alpha value is -3.01. The number of methoxy groups -OCH3 is 1. The standard InChI is InChI=1S/C20H21ClF2N4O4/c1-20(2,3)31-19(29)27-8-7-26(10-11-12(22)5-6-13(23)16(11)21)15-9-14(18(28)30-4)24-25-17(15)27/h5-6,9H,7-8,10H2,1-4H3. The average molecular weight is 455 g/mol. The zero-order chi connectivity index (χ0) is 22.9. The molecule has 0 radical (unpaired) electrons. The van der Waals surface area contributed by atoms with Gasteiger partial charge in [-0.25, -0.2) is 18.4 Å². The highest BCUT2D eigenvalue weighted by atomic mass is 35.5. The number of aromatic nitrogens is 2. The predicted molar refractivity (Wildman–Crippen MR) is 109 cm³/mol. The molecular weight excluding hydrogens is 434 g/mol. The summed E-state index contributed by atoms with van der Waals surface area (Å²) < 4.78 is 38.3. The number of benzene rings is 1. The Morgan fingerprint density at radius 1 is 1.16 bits per heavy atom. The number of hydrogen-bond acceptors (Lipinski definition) is 7. The van der Waals surface area contributed by atoms with E-state index in [1.807, 2.05) is 0 Å². The third-order valence-electron chi connectivity index (χ3n) is 4.44. The highest BCUT2D eigenvalue weighted by Crippen LogP contribution is 2.35. The van der Waals surface area contributed by atoms with Crippen LogP contribution in [0.4, 0.5) is 25.1 Å². The highest BCUT2D eigenvalue weighted by molar-refractivity contribution is 6.31. The van der Waals surface area contributed by atoms with Crippen LogP contribution in [0, 0.1) is 11.6 Å². The molecule has 0 unspecified atom stereocenters. The number of hydrogen-bond donors (Lipinski definition) is 0. The minimum absolute atomic E-state index is 0.0604. The zero-order valence-corrected chi connectivity index (χ0v) is 18.2. The summed E-state index contributed by atoms with van der Waals surface area (Å²) in [4.78, 5) is 27.5. The third-order valence-corrected chi connectivity index (χ3v) is 4.85. The molecular formula is C20H21ClF2N4O4. The van der Waals surface area contributed by atoms with Crippen LogP contribution in [0.1, 0.15) is 36.8 Å². The first-order chi connectivity index (χ1) is 14.5. The molecule has 0 bridgehead atoms. The number of amides is 1. The minimum atomic E-state index is -0.756. The summed E-state index contributed by atoms with van der Waals surface area (Å²) in [6.07, 6.45) is -0.650. The number of carbonyl (C=O) groups is 2. The number of esters is 1. The van der Waals surface area contributed by atoms with E-state index in [-0.39, 0.29) is 41.7 Å². The molecule has 2 aromatic rings. The van der Waals surface area contributed by atoms with Gasteiger partial charge in [0.25, 0.3) is 0 Å². The van der Waals surface area contributed by atoms with Crippen LogP contribution in [-0.4, -0.2) is 48.1 Å². The summed E-state index contributed by atoms with van der Waals surface area (Å²) in [6.45, 7) is 5.41. The molecule has 0 spiro atoms. The summed E-state index contributed by atoms with van der Waals surface area (Å²) in [6, 6.07) is 3.30. The maximum Gasteiger partial charge on any atom is 0.416 e. The average Bonchev–Trinajstić information content (AvgIpc) is 2.71. The van der Waals surface area contributed by atoms with Crippen molar-refractivity contribution in [3.8, 4) is 0 Å². The van der Waals surface area contributed by atoms with E-state index in [9.17, 15) is 18.4 Å². The number of rotatable bonds is 3. The molecule has 3 rings (SSSR count). The number of nitrogens with zero attached hydrogens (tertiary/aromatic N) is 4. The lowest BCUT2D eigenvalue weighted by Gasteiger charge is -2.37. The molecule has 2 heterocycles. The maximum atomic E-state index is 14.3. The van der Waals surface area contributed by atoms with Crippen LogP contribution in [-0.2, 0) is 16.0 Å². The van der Waals surface area contributed by atoms with Crippen LogP contribution in [0.5, 0.6) is 0 Å². The predicted octanol–water partition coefficient (Wildman–Crippen LogP) is 3.96. The van der Waals surface area contributed by atoms with Gasteiger partial charge >= 0.3 is 12.1 Å². The van der Waals surface area contributed by atoms with Gasteiger partial charge in [-0.2, -0.15) is 0 Å².